The van der Waals surface area contributed by atoms with E-state index in [1.807, 2.05) is 36.1 Å². The molecule has 0 radical (unpaired) electrons. The highest BCUT2D eigenvalue weighted by Crippen LogP contribution is 2.28. The lowest BCUT2D eigenvalue weighted by molar-refractivity contribution is 0.101. The summed E-state index contributed by atoms with van der Waals surface area (Å²) in [6.45, 7) is 7.14. The number of aromatic nitrogens is 1. The first kappa shape index (κ1) is 19.8. The van der Waals surface area contributed by atoms with Crippen LogP contribution in [0.1, 0.15) is 28.5 Å². The van der Waals surface area contributed by atoms with E-state index in [9.17, 15) is 9.18 Å². The smallest absolute Gasteiger partial charge is 0.159 e. The Bertz CT molecular complexity index is 1080. The minimum atomic E-state index is -0.346. The second-order valence-corrected chi connectivity index (χ2v) is 7.88. The number of anilines is 1. The number of fused-ring (bicyclic) bond motifs is 1. The summed E-state index contributed by atoms with van der Waals surface area (Å²) in [5.41, 5.74) is 3.84. The molecule has 150 valence electrons. The van der Waals surface area contributed by atoms with E-state index >= 15 is 0 Å². The Morgan fingerprint density at radius 2 is 1.86 bits per heavy atom. The molecule has 0 amide bonds. The topological polar surface area (TPSA) is 36.4 Å². The van der Waals surface area contributed by atoms with Crippen LogP contribution < -0.4 is 4.90 Å². The molecule has 1 fully saturated rings. The normalized spacial score (nSPS) is 15.1. The van der Waals surface area contributed by atoms with Gasteiger partial charge in [-0.1, -0.05) is 29.8 Å². The number of piperazine rings is 1. The van der Waals surface area contributed by atoms with E-state index in [1.165, 1.54) is 13.0 Å². The minimum Gasteiger partial charge on any atom is -0.367 e. The molecule has 2 aromatic carbocycles. The maximum Gasteiger partial charge on any atom is 0.159 e. The number of pyridine rings is 1. The molecule has 0 bridgehead atoms. The molecule has 0 unspecified atom stereocenters. The van der Waals surface area contributed by atoms with Gasteiger partial charge in [0.2, 0.25) is 0 Å². The average Bonchev–Trinajstić information content (AvgIpc) is 2.72. The molecule has 29 heavy (non-hydrogen) atoms. The number of Topliss-reactive ketones (excluding diaryl/α,β-unsaturated/α-hetero) is 1. The molecule has 4 nitrogen and oxygen atoms in total. The number of para-hydroxylation sites is 1. The highest BCUT2D eigenvalue weighted by molar-refractivity contribution is 6.32. The van der Waals surface area contributed by atoms with Crippen LogP contribution in [0.5, 0.6) is 0 Å². The first-order valence-electron chi connectivity index (χ1n) is 9.75. The van der Waals surface area contributed by atoms with Crippen LogP contribution in [0.3, 0.4) is 0 Å². The zero-order chi connectivity index (χ0) is 20.5. The van der Waals surface area contributed by atoms with Crippen molar-refractivity contribution in [3.05, 3.63) is 70.1 Å². The summed E-state index contributed by atoms with van der Waals surface area (Å²) in [7, 11) is 0. The zero-order valence-corrected chi connectivity index (χ0v) is 17.3. The Hall–Kier alpha value is -2.50. The van der Waals surface area contributed by atoms with E-state index in [2.05, 4.69) is 4.90 Å². The summed E-state index contributed by atoms with van der Waals surface area (Å²) in [5.74, 6) is -0.476. The predicted molar refractivity (Wildman–Crippen MR) is 115 cm³/mol. The lowest BCUT2D eigenvalue weighted by Gasteiger charge is -2.36. The number of nitrogens with zero attached hydrogens (tertiary/aromatic N) is 3. The molecule has 6 heteroatoms. The van der Waals surface area contributed by atoms with E-state index in [0.29, 0.717) is 30.9 Å². The molecule has 1 aliphatic rings. The van der Waals surface area contributed by atoms with Crippen LogP contribution in [0.2, 0.25) is 5.02 Å². The van der Waals surface area contributed by atoms with Gasteiger partial charge in [0.1, 0.15) is 5.82 Å². The van der Waals surface area contributed by atoms with Crippen LogP contribution in [0.25, 0.3) is 10.9 Å². The fourth-order valence-electron chi connectivity index (χ4n) is 3.86. The Morgan fingerprint density at radius 3 is 2.55 bits per heavy atom. The Morgan fingerprint density at radius 1 is 1.14 bits per heavy atom. The molecule has 1 aliphatic heterocycles. The first-order valence-corrected chi connectivity index (χ1v) is 10.1. The molecule has 0 aliphatic carbocycles. The number of hydrogen-bond acceptors (Lipinski definition) is 4. The number of halogens is 2. The van der Waals surface area contributed by atoms with E-state index < -0.39 is 0 Å². The Labute approximate surface area is 174 Å². The number of benzene rings is 2. The quantitative estimate of drug-likeness (QED) is 0.574. The standard InChI is InChI=1S/C23H23ClFN3O/c1-15-18-5-3-4-6-20(18)26-21(23(15)24)14-27-9-11-28(12-10-27)22-8-7-17(16(2)29)13-19(22)25/h3-8,13H,9-12,14H2,1-2H3. The van der Waals surface area contributed by atoms with Crippen molar-refractivity contribution in [3.8, 4) is 0 Å². The van der Waals surface area contributed by atoms with Gasteiger partial charge < -0.3 is 4.90 Å². The summed E-state index contributed by atoms with van der Waals surface area (Å²) in [5, 5.41) is 1.80. The van der Waals surface area contributed by atoms with Crippen molar-refractivity contribution in [2.75, 3.05) is 31.1 Å². The van der Waals surface area contributed by atoms with Gasteiger partial charge in [0.25, 0.3) is 0 Å². The number of carbonyl (C=O) groups is 1. The summed E-state index contributed by atoms with van der Waals surface area (Å²) in [6.07, 6.45) is 0. The Balaban J connectivity index is 1.46. The van der Waals surface area contributed by atoms with E-state index in [0.717, 1.165) is 40.3 Å². The fourth-order valence-corrected chi connectivity index (χ4v) is 4.07. The van der Waals surface area contributed by atoms with Crippen LogP contribution in [-0.2, 0) is 6.54 Å². The van der Waals surface area contributed by atoms with Gasteiger partial charge in [0, 0.05) is 43.7 Å². The molecule has 4 rings (SSSR count). The number of rotatable bonds is 4. The van der Waals surface area contributed by atoms with Gasteiger partial charge in [-0.3, -0.25) is 9.69 Å². The van der Waals surface area contributed by atoms with Gasteiger partial charge in [0.15, 0.2) is 5.78 Å². The maximum atomic E-state index is 14.4. The molecule has 1 aromatic heterocycles. The van der Waals surface area contributed by atoms with E-state index in [4.69, 9.17) is 16.6 Å². The van der Waals surface area contributed by atoms with Gasteiger partial charge in [-0.15, -0.1) is 0 Å². The molecule has 0 spiro atoms. The predicted octanol–water partition coefficient (Wildman–Crippen LogP) is 4.86. The number of carbonyl (C=O) groups excluding carboxylic acids is 1. The van der Waals surface area contributed by atoms with Crippen molar-refractivity contribution >= 4 is 34.0 Å². The van der Waals surface area contributed by atoms with E-state index in [1.54, 1.807) is 12.1 Å². The molecular formula is C23H23ClFN3O. The van der Waals surface area contributed by atoms with Crippen LogP contribution >= 0.6 is 11.6 Å². The zero-order valence-electron chi connectivity index (χ0n) is 16.6. The third-order valence-corrected chi connectivity index (χ3v) is 6.09. The van der Waals surface area contributed by atoms with Crippen molar-refractivity contribution in [3.63, 3.8) is 0 Å². The number of aryl methyl sites for hydroxylation is 1. The summed E-state index contributed by atoms with van der Waals surface area (Å²) in [6, 6.07) is 12.7. The second-order valence-electron chi connectivity index (χ2n) is 7.50. The highest BCUT2D eigenvalue weighted by atomic mass is 35.5. The van der Waals surface area contributed by atoms with Gasteiger partial charge in [-0.25, -0.2) is 9.37 Å². The molecule has 0 N–H and O–H groups in total. The monoisotopic (exact) mass is 411 g/mol. The molecule has 1 saturated heterocycles. The minimum absolute atomic E-state index is 0.129. The molecule has 0 saturated carbocycles. The maximum absolute atomic E-state index is 14.4. The van der Waals surface area contributed by atoms with Gasteiger partial charge in [-0.05, 0) is 43.7 Å². The van der Waals surface area contributed by atoms with Crippen molar-refractivity contribution in [2.45, 2.75) is 20.4 Å². The second kappa shape index (κ2) is 8.09. The van der Waals surface area contributed by atoms with Crippen molar-refractivity contribution in [1.82, 2.24) is 9.88 Å². The lowest BCUT2D eigenvalue weighted by atomic mass is 10.1. The van der Waals surface area contributed by atoms with Gasteiger partial charge in [-0.2, -0.15) is 0 Å². The van der Waals surface area contributed by atoms with Crippen LogP contribution in [0.15, 0.2) is 42.5 Å². The number of hydrogen-bond donors (Lipinski definition) is 0. The lowest BCUT2D eigenvalue weighted by Crippen LogP contribution is -2.46. The van der Waals surface area contributed by atoms with Crippen LogP contribution in [-0.4, -0.2) is 41.8 Å². The largest absolute Gasteiger partial charge is 0.367 e. The fraction of sp³-hybridized carbons (Fsp3) is 0.304. The van der Waals surface area contributed by atoms with Crippen molar-refractivity contribution < 1.29 is 9.18 Å². The molecule has 0 atom stereocenters. The van der Waals surface area contributed by atoms with Crippen LogP contribution in [0, 0.1) is 12.7 Å². The third-order valence-electron chi connectivity index (χ3n) is 5.59. The average molecular weight is 412 g/mol. The van der Waals surface area contributed by atoms with Gasteiger partial charge in [0.05, 0.1) is 21.9 Å². The molecule has 2 heterocycles. The summed E-state index contributed by atoms with van der Waals surface area (Å²) >= 11 is 6.60. The highest BCUT2D eigenvalue weighted by Gasteiger charge is 2.22. The van der Waals surface area contributed by atoms with Gasteiger partial charge >= 0.3 is 0 Å². The first-order chi connectivity index (χ1) is 13.9. The number of ketones is 1. The molecular weight excluding hydrogens is 389 g/mol. The van der Waals surface area contributed by atoms with Crippen LogP contribution in [0.4, 0.5) is 10.1 Å². The van der Waals surface area contributed by atoms with Crippen molar-refractivity contribution in [1.29, 1.82) is 0 Å². The SMILES string of the molecule is CC(=O)c1ccc(N2CCN(Cc3nc4ccccc4c(C)c3Cl)CC2)c(F)c1. The third kappa shape index (κ3) is 3.98. The summed E-state index contributed by atoms with van der Waals surface area (Å²) in [4.78, 5) is 20.5. The molecule has 3 aromatic rings. The Kier molecular flexibility index (Phi) is 5.52. The summed E-state index contributed by atoms with van der Waals surface area (Å²) < 4.78 is 14.4. The van der Waals surface area contributed by atoms with Crippen molar-refractivity contribution in [2.24, 2.45) is 0 Å². The van der Waals surface area contributed by atoms with E-state index in [-0.39, 0.29) is 11.6 Å².